The summed E-state index contributed by atoms with van der Waals surface area (Å²) in [4.78, 5) is 26.0. The molecule has 0 bridgehead atoms. The minimum absolute atomic E-state index is 0.0431. The van der Waals surface area contributed by atoms with Crippen molar-refractivity contribution >= 4 is 23.3 Å². The van der Waals surface area contributed by atoms with Gasteiger partial charge in [-0.05, 0) is 24.9 Å². The van der Waals surface area contributed by atoms with Crippen LogP contribution in [0.5, 0.6) is 0 Å². The van der Waals surface area contributed by atoms with E-state index >= 15 is 0 Å². The third-order valence-electron chi connectivity index (χ3n) is 3.83. The molecule has 7 nitrogen and oxygen atoms in total. The van der Waals surface area contributed by atoms with Crippen molar-refractivity contribution in [2.45, 2.75) is 19.8 Å². The van der Waals surface area contributed by atoms with Crippen LogP contribution in [-0.4, -0.2) is 57.5 Å². The van der Waals surface area contributed by atoms with Crippen molar-refractivity contribution in [3.05, 3.63) is 28.2 Å². The predicted octanol–water partition coefficient (Wildman–Crippen LogP) is 0.944. The average molecular weight is 318 g/mol. The molecule has 1 aliphatic heterocycles. The number of rotatable bonds is 2. The van der Waals surface area contributed by atoms with Crippen LogP contribution in [0.3, 0.4) is 0 Å². The Labute approximate surface area is 133 Å². The maximum Gasteiger partial charge on any atom is 0.275 e. The fourth-order valence-corrected chi connectivity index (χ4v) is 3.14. The molecule has 0 saturated carbocycles. The molecule has 0 radical (unpaired) electrons. The highest BCUT2D eigenvalue weighted by Gasteiger charge is 2.25. The van der Waals surface area contributed by atoms with Gasteiger partial charge in [0.2, 0.25) is 0 Å². The van der Waals surface area contributed by atoms with Crippen LogP contribution in [0.2, 0.25) is 0 Å². The van der Waals surface area contributed by atoms with Crippen molar-refractivity contribution < 1.29 is 4.79 Å². The lowest BCUT2D eigenvalue weighted by atomic mass is 10.1. The van der Waals surface area contributed by atoms with Crippen molar-refractivity contribution in [3.8, 4) is 0 Å². The van der Waals surface area contributed by atoms with Crippen molar-refractivity contribution in [1.82, 2.24) is 24.5 Å². The zero-order valence-electron chi connectivity index (χ0n) is 12.9. The van der Waals surface area contributed by atoms with E-state index in [-0.39, 0.29) is 5.91 Å². The highest BCUT2D eigenvalue weighted by molar-refractivity contribution is 7.05. The van der Waals surface area contributed by atoms with Crippen LogP contribution >= 0.6 is 11.5 Å². The van der Waals surface area contributed by atoms with Crippen LogP contribution in [0.25, 0.3) is 0 Å². The number of hydrogen-bond donors (Lipinski definition) is 0. The zero-order chi connectivity index (χ0) is 15.7. The Morgan fingerprint density at radius 1 is 1.27 bits per heavy atom. The van der Waals surface area contributed by atoms with Gasteiger partial charge in [0.15, 0.2) is 5.69 Å². The third kappa shape index (κ3) is 2.66. The van der Waals surface area contributed by atoms with Gasteiger partial charge in [-0.1, -0.05) is 4.49 Å². The van der Waals surface area contributed by atoms with Gasteiger partial charge >= 0.3 is 0 Å². The normalized spacial score (nSPS) is 14.4. The molecule has 0 aromatic carbocycles. The van der Waals surface area contributed by atoms with E-state index in [1.807, 2.05) is 30.8 Å². The van der Waals surface area contributed by atoms with Crippen LogP contribution in [0.4, 0.5) is 5.82 Å². The second kappa shape index (κ2) is 5.96. The fourth-order valence-electron chi connectivity index (χ4n) is 2.68. The van der Waals surface area contributed by atoms with Crippen LogP contribution in [0.15, 0.2) is 6.33 Å². The first-order valence-corrected chi connectivity index (χ1v) is 7.93. The Balaban J connectivity index is 1.83. The smallest absolute Gasteiger partial charge is 0.275 e. The van der Waals surface area contributed by atoms with Gasteiger partial charge < -0.3 is 9.80 Å². The van der Waals surface area contributed by atoms with E-state index in [4.69, 9.17) is 0 Å². The molecule has 0 unspecified atom stereocenters. The topological polar surface area (TPSA) is 75.1 Å². The number of nitrogens with zero attached hydrogens (tertiary/aromatic N) is 6. The molecule has 1 aliphatic rings. The Bertz CT molecular complexity index is 698. The van der Waals surface area contributed by atoms with Gasteiger partial charge in [0.05, 0.1) is 10.6 Å². The van der Waals surface area contributed by atoms with Crippen LogP contribution < -0.4 is 4.90 Å². The van der Waals surface area contributed by atoms with Crippen LogP contribution in [0.1, 0.15) is 26.6 Å². The largest absolute Gasteiger partial charge is 0.362 e. The monoisotopic (exact) mass is 318 g/mol. The molecule has 22 heavy (non-hydrogen) atoms. The molecule has 116 valence electrons. The molecule has 0 N–H and O–H groups in total. The van der Waals surface area contributed by atoms with E-state index in [2.05, 4.69) is 19.6 Å². The molecule has 0 atom stereocenters. The van der Waals surface area contributed by atoms with Crippen molar-refractivity contribution in [2.75, 3.05) is 32.1 Å². The van der Waals surface area contributed by atoms with E-state index in [1.54, 1.807) is 6.33 Å². The molecule has 2 aromatic heterocycles. The summed E-state index contributed by atoms with van der Waals surface area (Å²) in [7, 11) is 3.95. The zero-order valence-corrected chi connectivity index (χ0v) is 13.7. The second-order valence-electron chi connectivity index (χ2n) is 5.49. The maximum absolute atomic E-state index is 12.6. The van der Waals surface area contributed by atoms with Gasteiger partial charge in [0, 0.05) is 39.2 Å². The predicted molar refractivity (Wildman–Crippen MR) is 84.3 cm³/mol. The number of anilines is 1. The Morgan fingerprint density at radius 2 is 2.05 bits per heavy atom. The lowest BCUT2D eigenvalue weighted by Crippen LogP contribution is -2.34. The summed E-state index contributed by atoms with van der Waals surface area (Å²) in [6.45, 7) is 3.17. The van der Waals surface area contributed by atoms with Gasteiger partial charge in [0.25, 0.3) is 5.91 Å². The SMILES string of the molecule is Cc1snnc1C(=O)N1CCc2ncnc(N(C)C)c2CC1. The lowest BCUT2D eigenvalue weighted by molar-refractivity contribution is 0.0756. The summed E-state index contributed by atoms with van der Waals surface area (Å²) in [5, 5.41) is 3.96. The molecule has 0 fully saturated rings. The number of hydrogen-bond acceptors (Lipinski definition) is 7. The van der Waals surface area contributed by atoms with E-state index in [1.165, 1.54) is 11.5 Å². The van der Waals surface area contributed by atoms with Crippen LogP contribution in [-0.2, 0) is 12.8 Å². The molecule has 0 spiro atoms. The number of amides is 1. The average Bonchev–Trinajstić information content (AvgIpc) is 2.81. The minimum atomic E-state index is -0.0431. The number of carbonyl (C=O) groups is 1. The molecule has 0 saturated heterocycles. The number of aromatic nitrogens is 4. The van der Waals surface area contributed by atoms with Gasteiger partial charge in [0.1, 0.15) is 12.1 Å². The lowest BCUT2D eigenvalue weighted by Gasteiger charge is -2.19. The maximum atomic E-state index is 12.6. The van der Waals surface area contributed by atoms with Crippen molar-refractivity contribution in [1.29, 1.82) is 0 Å². The summed E-state index contributed by atoms with van der Waals surface area (Å²) in [5.41, 5.74) is 2.63. The van der Waals surface area contributed by atoms with Gasteiger partial charge in [-0.25, -0.2) is 9.97 Å². The van der Waals surface area contributed by atoms with Crippen molar-refractivity contribution in [3.63, 3.8) is 0 Å². The summed E-state index contributed by atoms with van der Waals surface area (Å²) < 4.78 is 3.85. The summed E-state index contributed by atoms with van der Waals surface area (Å²) in [5.74, 6) is 0.893. The summed E-state index contributed by atoms with van der Waals surface area (Å²) >= 11 is 1.26. The number of fused-ring (bicyclic) bond motifs is 1. The van der Waals surface area contributed by atoms with E-state index in [9.17, 15) is 4.79 Å². The second-order valence-corrected chi connectivity index (χ2v) is 6.45. The van der Waals surface area contributed by atoms with E-state index < -0.39 is 0 Å². The fraction of sp³-hybridized carbons (Fsp3) is 0.500. The van der Waals surface area contributed by atoms with E-state index in [0.717, 1.165) is 34.8 Å². The standard InChI is InChI=1S/C14H18N6OS/c1-9-12(17-18-22-9)14(21)20-6-4-10-11(5-7-20)15-8-16-13(10)19(2)3/h8H,4-7H2,1-3H3. The molecule has 2 aromatic rings. The first-order valence-electron chi connectivity index (χ1n) is 7.16. The summed E-state index contributed by atoms with van der Waals surface area (Å²) in [6.07, 6.45) is 3.09. The highest BCUT2D eigenvalue weighted by Crippen LogP contribution is 2.23. The highest BCUT2D eigenvalue weighted by atomic mass is 32.1. The molecular weight excluding hydrogens is 300 g/mol. The Kier molecular flexibility index (Phi) is 4.02. The Hall–Kier alpha value is -2.09. The van der Waals surface area contributed by atoms with E-state index in [0.29, 0.717) is 18.8 Å². The summed E-state index contributed by atoms with van der Waals surface area (Å²) in [6, 6.07) is 0. The quantitative estimate of drug-likeness (QED) is 0.820. The molecule has 3 rings (SSSR count). The van der Waals surface area contributed by atoms with Gasteiger partial charge in [-0.3, -0.25) is 4.79 Å². The van der Waals surface area contributed by atoms with Gasteiger partial charge in [-0.15, -0.1) is 5.10 Å². The molecule has 3 heterocycles. The first kappa shape index (κ1) is 14.8. The third-order valence-corrected chi connectivity index (χ3v) is 4.46. The van der Waals surface area contributed by atoms with Crippen LogP contribution in [0, 0.1) is 6.92 Å². The van der Waals surface area contributed by atoms with Crippen molar-refractivity contribution in [2.24, 2.45) is 0 Å². The Morgan fingerprint density at radius 3 is 2.73 bits per heavy atom. The molecular formula is C14H18N6OS. The number of aryl methyl sites for hydroxylation is 1. The molecule has 8 heteroatoms. The molecule has 1 amide bonds. The number of carbonyl (C=O) groups excluding carboxylic acids is 1. The minimum Gasteiger partial charge on any atom is -0.362 e. The first-order chi connectivity index (χ1) is 10.6. The molecule has 0 aliphatic carbocycles. The van der Waals surface area contributed by atoms with Gasteiger partial charge in [-0.2, -0.15) is 0 Å².